The number of benzene rings is 1. The predicted molar refractivity (Wildman–Crippen MR) is 47.2 cm³/mol. The first kappa shape index (κ1) is 8.04. The Bertz CT molecular complexity index is 424. The first-order valence-electron chi connectivity index (χ1n) is 4.06. The van der Waals surface area contributed by atoms with Gasteiger partial charge in [-0.05, 0) is 6.92 Å². The smallest absolute Gasteiger partial charge is 0.167 e. The van der Waals surface area contributed by atoms with Gasteiger partial charge in [-0.3, -0.25) is 0 Å². The van der Waals surface area contributed by atoms with Crippen molar-refractivity contribution in [3.63, 3.8) is 0 Å². The lowest BCUT2D eigenvalue weighted by molar-refractivity contribution is 0.322. The number of imidazole rings is 1. The molecule has 0 radical (unpaired) electrons. The highest BCUT2D eigenvalue weighted by molar-refractivity contribution is 5.76. The Morgan fingerprint density at radius 3 is 3.15 bits per heavy atom. The van der Waals surface area contributed by atoms with Gasteiger partial charge in [0.15, 0.2) is 11.6 Å². The summed E-state index contributed by atoms with van der Waals surface area (Å²) >= 11 is 0. The minimum absolute atomic E-state index is 0.252. The largest absolute Gasteiger partial charge is 0.491 e. The number of halogens is 1. The summed E-state index contributed by atoms with van der Waals surface area (Å²) in [5.74, 6) is -0.110. The third-order valence-corrected chi connectivity index (χ3v) is 1.77. The van der Waals surface area contributed by atoms with Gasteiger partial charge >= 0.3 is 0 Å². The maximum atomic E-state index is 13.2. The fraction of sp³-hybridized carbons (Fsp3) is 0.222. The minimum Gasteiger partial charge on any atom is -0.491 e. The standard InChI is InChI=1S/C9H9FN2O/c1-2-13-9-4-8-7(3-6(9)10)11-5-12-8/h3-5H,2H2,1H3,(H,11,12). The second-order valence-corrected chi connectivity index (χ2v) is 2.64. The van der Waals surface area contributed by atoms with E-state index in [0.29, 0.717) is 17.6 Å². The van der Waals surface area contributed by atoms with Gasteiger partial charge in [-0.15, -0.1) is 0 Å². The Balaban J connectivity index is 2.56. The molecule has 0 atom stereocenters. The summed E-state index contributed by atoms with van der Waals surface area (Å²) in [7, 11) is 0. The highest BCUT2D eigenvalue weighted by atomic mass is 19.1. The average molecular weight is 180 g/mol. The van der Waals surface area contributed by atoms with Crippen molar-refractivity contribution in [2.24, 2.45) is 0 Å². The maximum Gasteiger partial charge on any atom is 0.167 e. The van der Waals surface area contributed by atoms with Crippen molar-refractivity contribution >= 4 is 11.0 Å². The summed E-state index contributed by atoms with van der Waals surface area (Å²) in [5.41, 5.74) is 1.39. The van der Waals surface area contributed by atoms with Gasteiger partial charge in [0.2, 0.25) is 0 Å². The van der Waals surface area contributed by atoms with Crippen molar-refractivity contribution in [3.8, 4) is 5.75 Å². The predicted octanol–water partition coefficient (Wildman–Crippen LogP) is 2.10. The van der Waals surface area contributed by atoms with Crippen LogP contribution in [0.4, 0.5) is 4.39 Å². The molecule has 1 N–H and O–H groups in total. The van der Waals surface area contributed by atoms with Crippen molar-refractivity contribution in [1.82, 2.24) is 9.97 Å². The molecule has 13 heavy (non-hydrogen) atoms. The molecular formula is C9H9FN2O. The number of nitrogens with zero attached hydrogens (tertiary/aromatic N) is 1. The van der Waals surface area contributed by atoms with Crippen LogP contribution in [0.3, 0.4) is 0 Å². The molecule has 0 aliphatic heterocycles. The van der Waals surface area contributed by atoms with E-state index in [-0.39, 0.29) is 11.6 Å². The third kappa shape index (κ3) is 1.35. The molecule has 0 spiro atoms. The Hall–Kier alpha value is -1.58. The van der Waals surface area contributed by atoms with Crippen LogP contribution in [0.2, 0.25) is 0 Å². The second-order valence-electron chi connectivity index (χ2n) is 2.64. The summed E-state index contributed by atoms with van der Waals surface area (Å²) in [6.45, 7) is 2.26. The van der Waals surface area contributed by atoms with E-state index in [1.807, 2.05) is 6.92 Å². The Morgan fingerprint density at radius 2 is 2.38 bits per heavy atom. The summed E-state index contributed by atoms with van der Waals surface area (Å²) < 4.78 is 18.3. The number of ether oxygens (including phenoxy) is 1. The normalized spacial score (nSPS) is 10.6. The van der Waals surface area contributed by atoms with Gasteiger partial charge in [-0.25, -0.2) is 9.37 Å². The fourth-order valence-corrected chi connectivity index (χ4v) is 1.20. The number of aromatic nitrogens is 2. The number of H-pyrrole nitrogens is 1. The number of hydrogen-bond donors (Lipinski definition) is 1. The van der Waals surface area contributed by atoms with Gasteiger partial charge < -0.3 is 9.72 Å². The Kier molecular flexibility index (Phi) is 1.88. The average Bonchev–Trinajstić information content (AvgIpc) is 2.52. The maximum absolute atomic E-state index is 13.2. The van der Waals surface area contributed by atoms with Crippen molar-refractivity contribution in [2.75, 3.05) is 6.61 Å². The van der Waals surface area contributed by atoms with Crippen LogP contribution in [0.1, 0.15) is 6.92 Å². The molecule has 3 nitrogen and oxygen atoms in total. The molecule has 0 aliphatic carbocycles. The van der Waals surface area contributed by atoms with E-state index in [1.54, 1.807) is 6.07 Å². The Morgan fingerprint density at radius 1 is 1.54 bits per heavy atom. The van der Waals surface area contributed by atoms with Crippen molar-refractivity contribution in [1.29, 1.82) is 0 Å². The van der Waals surface area contributed by atoms with Gasteiger partial charge in [0, 0.05) is 12.1 Å². The fourth-order valence-electron chi connectivity index (χ4n) is 1.20. The molecule has 4 heteroatoms. The molecule has 0 saturated carbocycles. The highest BCUT2D eigenvalue weighted by Crippen LogP contribution is 2.22. The monoisotopic (exact) mass is 180 g/mol. The number of nitrogens with one attached hydrogen (secondary N) is 1. The van der Waals surface area contributed by atoms with Crippen LogP contribution in [0.5, 0.6) is 5.75 Å². The number of hydrogen-bond acceptors (Lipinski definition) is 2. The summed E-state index contributed by atoms with van der Waals surface area (Å²) in [6, 6.07) is 2.97. The molecule has 1 aromatic heterocycles. The first-order chi connectivity index (χ1) is 6.31. The summed E-state index contributed by atoms with van der Waals surface area (Å²) in [5, 5.41) is 0. The van der Waals surface area contributed by atoms with E-state index in [2.05, 4.69) is 9.97 Å². The van der Waals surface area contributed by atoms with Crippen LogP contribution < -0.4 is 4.74 Å². The lowest BCUT2D eigenvalue weighted by atomic mass is 10.3. The van der Waals surface area contributed by atoms with Crippen LogP contribution in [0.25, 0.3) is 11.0 Å². The van der Waals surface area contributed by atoms with E-state index in [1.165, 1.54) is 12.4 Å². The SMILES string of the molecule is CCOc1cc2nc[nH]c2cc1F. The van der Waals surface area contributed by atoms with Gasteiger partial charge in [-0.2, -0.15) is 0 Å². The van der Waals surface area contributed by atoms with Gasteiger partial charge in [-0.1, -0.05) is 0 Å². The molecule has 0 aliphatic rings. The molecule has 1 heterocycles. The van der Waals surface area contributed by atoms with Crippen molar-refractivity contribution < 1.29 is 9.13 Å². The quantitative estimate of drug-likeness (QED) is 0.768. The number of rotatable bonds is 2. The molecule has 68 valence electrons. The van der Waals surface area contributed by atoms with E-state index in [4.69, 9.17) is 4.74 Å². The highest BCUT2D eigenvalue weighted by Gasteiger charge is 2.06. The van der Waals surface area contributed by atoms with E-state index >= 15 is 0 Å². The Labute approximate surface area is 74.6 Å². The van der Waals surface area contributed by atoms with E-state index in [9.17, 15) is 4.39 Å². The van der Waals surface area contributed by atoms with Gasteiger partial charge in [0.25, 0.3) is 0 Å². The van der Waals surface area contributed by atoms with Crippen molar-refractivity contribution in [2.45, 2.75) is 6.92 Å². The van der Waals surface area contributed by atoms with Gasteiger partial charge in [0.1, 0.15) is 0 Å². The summed E-state index contributed by atoms with van der Waals surface area (Å²) in [4.78, 5) is 6.82. The molecule has 2 rings (SSSR count). The number of aromatic amines is 1. The van der Waals surface area contributed by atoms with Crippen LogP contribution in [-0.2, 0) is 0 Å². The van der Waals surface area contributed by atoms with Crippen molar-refractivity contribution in [3.05, 3.63) is 24.3 Å². The second kappa shape index (κ2) is 3.05. The zero-order chi connectivity index (χ0) is 9.26. The van der Waals surface area contributed by atoms with E-state index in [0.717, 1.165) is 0 Å². The van der Waals surface area contributed by atoms with Crippen LogP contribution in [-0.4, -0.2) is 16.6 Å². The molecule has 2 aromatic rings. The lowest BCUT2D eigenvalue weighted by Crippen LogP contribution is -1.94. The van der Waals surface area contributed by atoms with Crippen LogP contribution >= 0.6 is 0 Å². The molecule has 0 fully saturated rings. The minimum atomic E-state index is -0.362. The topological polar surface area (TPSA) is 37.9 Å². The van der Waals surface area contributed by atoms with Crippen LogP contribution in [0.15, 0.2) is 18.5 Å². The molecule has 0 unspecified atom stereocenters. The summed E-state index contributed by atoms with van der Waals surface area (Å²) in [6.07, 6.45) is 1.53. The first-order valence-corrected chi connectivity index (χ1v) is 4.06. The molecular weight excluding hydrogens is 171 g/mol. The molecule has 1 aromatic carbocycles. The third-order valence-electron chi connectivity index (χ3n) is 1.77. The molecule has 0 saturated heterocycles. The zero-order valence-corrected chi connectivity index (χ0v) is 7.17. The van der Waals surface area contributed by atoms with Gasteiger partial charge in [0.05, 0.1) is 24.0 Å². The molecule has 0 amide bonds. The lowest BCUT2D eigenvalue weighted by Gasteiger charge is -2.03. The van der Waals surface area contributed by atoms with Crippen LogP contribution in [0, 0.1) is 5.82 Å². The molecule has 0 bridgehead atoms. The number of fused-ring (bicyclic) bond motifs is 1. The van der Waals surface area contributed by atoms with E-state index < -0.39 is 0 Å². The zero-order valence-electron chi connectivity index (χ0n) is 7.17.